The predicted octanol–water partition coefficient (Wildman–Crippen LogP) is 1.90. The number of ether oxygens (including phenoxy) is 1. The first-order valence-corrected chi connectivity index (χ1v) is 3.88. The third-order valence-corrected chi connectivity index (χ3v) is 1.56. The van der Waals surface area contributed by atoms with E-state index in [-0.39, 0.29) is 5.56 Å². The molecule has 0 bridgehead atoms. The van der Waals surface area contributed by atoms with Crippen molar-refractivity contribution in [2.75, 3.05) is 5.73 Å². The molecule has 1 rings (SSSR count). The Labute approximate surface area is 87.3 Å². The lowest BCUT2D eigenvalue weighted by Gasteiger charge is -2.11. The van der Waals surface area contributed by atoms with Crippen molar-refractivity contribution in [2.45, 2.75) is 13.0 Å². The number of anilines is 1. The molecular formula is C8H5F4N3O. The Hall–Kier alpha value is -2.04. The Kier molecular flexibility index (Phi) is 3.17. The zero-order valence-electron chi connectivity index (χ0n) is 7.68. The van der Waals surface area contributed by atoms with Crippen LogP contribution >= 0.6 is 0 Å². The summed E-state index contributed by atoms with van der Waals surface area (Å²) >= 11 is 0. The number of nitrogens with two attached hydrogens (primary N) is 1. The van der Waals surface area contributed by atoms with Crippen LogP contribution in [0.15, 0.2) is 6.07 Å². The van der Waals surface area contributed by atoms with Crippen molar-refractivity contribution >= 4 is 5.69 Å². The molecule has 86 valence electrons. The molecule has 0 aliphatic heterocycles. The maximum Gasteiger partial charge on any atom is 0.574 e. The van der Waals surface area contributed by atoms with Gasteiger partial charge in [0.1, 0.15) is 12.7 Å². The summed E-state index contributed by atoms with van der Waals surface area (Å²) in [7, 11) is 0. The molecule has 2 N–H and O–H groups in total. The lowest BCUT2D eigenvalue weighted by atomic mass is 10.2. The van der Waals surface area contributed by atoms with Crippen molar-refractivity contribution in [1.29, 1.82) is 5.26 Å². The minimum atomic E-state index is -4.97. The molecular weight excluding hydrogens is 230 g/mol. The highest BCUT2D eigenvalue weighted by atomic mass is 19.4. The molecule has 0 atom stereocenters. The summed E-state index contributed by atoms with van der Waals surface area (Å²) in [5.74, 6) is -0.957. The number of rotatable bonds is 2. The topological polar surface area (TPSA) is 71.9 Å². The second kappa shape index (κ2) is 4.22. The Morgan fingerprint density at radius 2 is 2.12 bits per heavy atom. The molecule has 0 radical (unpaired) electrons. The zero-order valence-corrected chi connectivity index (χ0v) is 7.68. The van der Waals surface area contributed by atoms with Crippen LogP contribution in [0.25, 0.3) is 0 Å². The van der Waals surface area contributed by atoms with Gasteiger partial charge in [0, 0.05) is 5.56 Å². The lowest BCUT2D eigenvalue weighted by Crippen LogP contribution is -2.19. The first-order chi connectivity index (χ1) is 7.37. The summed E-state index contributed by atoms with van der Waals surface area (Å²) in [6.45, 7) is -1.05. The van der Waals surface area contributed by atoms with Gasteiger partial charge in [-0.1, -0.05) is 0 Å². The quantitative estimate of drug-likeness (QED) is 0.794. The van der Waals surface area contributed by atoms with Crippen molar-refractivity contribution in [3.63, 3.8) is 0 Å². The molecule has 0 aliphatic rings. The smallest absolute Gasteiger partial charge is 0.394 e. The third-order valence-electron chi connectivity index (χ3n) is 1.56. The van der Waals surface area contributed by atoms with E-state index in [1.165, 1.54) is 6.07 Å². The minimum Gasteiger partial charge on any atom is -0.394 e. The molecule has 1 aromatic rings. The largest absolute Gasteiger partial charge is 0.574 e. The van der Waals surface area contributed by atoms with Crippen molar-refractivity contribution in [1.82, 2.24) is 4.98 Å². The van der Waals surface area contributed by atoms with E-state index in [1.807, 2.05) is 0 Å². The second-order valence-corrected chi connectivity index (χ2v) is 2.68. The molecule has 0 aromatic carbocycles. The number of hydrogen-bond acceptors (Lipinski definition) is 4. The van der Waals surface area contributed by atoms with Crippen molar-refractivity contribution in [2.24, 2.45) is 0 Å². The number of hydrogen-bond donors (Lipinski definition) is 1. The molecule has 1 aromatic heterocycles. The number of nitriles is 1. The van der Waals surface area contributed by atoms with E-state index in [1.54, 1.807) is 0 Å². The number of aromatic nitrogens is 1. The van der Waals surface area contributed by atoms with Crippen LogP contribution in [0.2, 0.25) is 0 Å². The van der Waals surface area contributed by atoms with Crippen LogP contribution < -0.4 is 10.5 Å². The molecule has 0 aliphatic carbocycles. The average Bonchev–Trinajstić information content (AvgIpc) is 2.18. The summed E-state index contributed by atoms with van der Waals surface area (Å²) in [5.41, 5.74) is 4.01. The summed E-state index contributed by atoms with van der Waals surface area (Å²) in [6.07, 6.45) is -4.97. The van der Waals surface area contributed by atoms with Crippen LogP contribution in [0.1, 0.15) is 11.3 Å². The molecule has 0 saturated carbocycles. The van der Waals surface area contributed by atoms with Gasteiger partial charge in [-0.15, -0.1) is 13.2 Å². The number of pyridine rings is 1. The first-order valence-electron chi connectivity index (χ1n) is 3.88. The van der Waals surface area contributed by atoms with Gasteiger partial charge < -0.3 is 10.5 Å². The molecule has 1 heterocycles. The molecule has 0 amide bonds. The van der Waals surface area contributed by atoms with Crippen LogP contribution in [-0.2, 0) is 6.67 Å². The number of nitrogens with zero attached hydrogens (tertiary/aromatic N) is 2. The monoisotopic (exact) mass is 235 g/mol. The fourth-order valence-corrected chi connectivity index (χ4v) is 0.946. The van der Waals surface area contributed by atoms with E-state index in [2.05, 4.69) is 9.72 Å². The van der Waals surface area contributed by atoms with E-state index >= 15 is 0 Å². The fraction of sp³-hybridized carbons (Fsp3) is 0.250. The molecule has 0 unspecified atom stereocenters. The normalized spacial score (nSPS) is 10.9. The van der Waals surface area contributed by atoms with Crippen molar-refractivity contribution in [3.8, 4) is 11.9 Å². The van der Waals surface area contributed by atoms with Gasteiger partial charge in [-0.2, -0.15) is 5.26 Å². The van der Waals surface area contributed by atoms with Crippen LogP contribution in [0, 0.1) is 11.3 Å². The molecule has 0 saturated heterocycles. The second-order valence-electron chi connectivity index (χ2n) is 2.68. The maximum absolute atomic E-state index is 12.3. The zero-order chi connectivity index (χ0) is 12.3. The SMILES string of the molecule is N#Cc1nc(OC(F)(F)F)c(N)cc1CF. The van der Waals surface area contributed by atoms with Gasteiger partial charge in [-0.25, -0.2) is 9.37 Å². The van der Waals surface area contributed by atoms with Crippen molar-refractivity contribution < 1.29 is 22.3 Å². The highest BCUT2D eigenvalue weighted by Crippen LogP contribution is 2.28. The van der Waals surface area contributed by atoms with Gasteiger partial charge in [0.25, 0.3) is 0 Å². The summed E-state index contributed by atoms with van der Waals surface area (Å²) in [4.78, 5) is 3.18. The van der Waals surface area contributed by atoms with E-state index in [0.29, 0.717) is 0 Å². The molecule has 0 spiro atoms. The Bertz CT molecular complexity index is 438. The van der Waals surface area contributed by atoms with E-state index in [9.17, 15) is 17.6 Å². The summed E-state index contributed by atoms with van der Waals surface area (Å²) in [5, 5.41) is 8.51. The maximum atomic E-state index is 12.3. The standard InChI is InChI=1S/C8H5F4N3O/c9-2-4-1-5(14)7(15-6(4)3-13)16-8(10,11)12/h1H,2,14H2. The molecule has 8 heteroatoms. The number of halogens is 4. The third kappa shape index (κ3) is 2.73. The average molecular weight is 235 g/mol. The van der Waals surface area contributed by atoms with E-state index in [0.717, 1.165) is 6.07 Å². The number of nitrogen functional groups attached to an aromatic ring is 1. The highest BCUT2D eigenvalue weighted by Gasteiger charge is 2.33. The van der Waals surface area contributed by atoms with Crippen molar-refractivity contribution in [3.05, 3.63) is 17.3 Å². The Morgan fingerprint density at radius 3 is 2.56 bits per heavy atom. The van der Waals surface area contributed by atoms with Gasteiger partial charge in [-0.05, 0) is 6.07 Å². The number of alkyl halides is 4. The van der Waals surface area contributed by atoms with Gasteiger partial charge in [0.15, 0.2) is 5.69 Å². The van der Waals surface area contributed by atoms with Gasteiger partial charge in [0.2, 0.25) is 5.88 Å². The van der Waals surface area contributed by atoms with Gasteiger partial charge in [-0.3, -0.25) is 0 Å². The van der Waals surface area contributed by atoms with E-state index in [4.69, 9.17) is 11.0 Å². The Balaban J connectivity index is 3.18. The highest BCUT2D eigenvalue weighted by molar-refractivity contribution is 5.53. The van der Waals surface area contributed by atoms with Crippen LogP contribution in [0.3, 0.4) is 0 Å². The van der Waals surface area contributed by atoms with Crippen LogP contribution in [0.4, 0.5) is 23.2 Å². The molecule has 0 fully saturated rings. The first kappa shape index (κ1) is 12.0. The minimum absolute atomic E-state index is 0.186. The lowest BCUT2D eigenvalue weighted by molar-refractivity contribution is -0.275. The van der Waals surface area contributed by atoms with Crippen LogP contribution in [-0.4, -0.2) is 11.3 Å². The summed E-state index contributed by atoms with van der Waals surface area (Å²) < 4.78 is 51.4. The fourth-order valence-electron chi connectivity index (χ4n) is 0.946. The van der Waals surface area contributed by atoms with Crippen LogP contribution in [0.5, 0.6) is 5.88 Å². The van der Waals surface area contributed by atoms with Gasteiger partial charge >= 0.3 is 6.36 Å². The molecule has 16 heavy (non-hydrogen) atoms. The molecule has 4 nitrogen and oxygen atoms in total. The summed E-state index contributed by atoms with van der Waals surface area (Å²) in [6, 6.07) is 2.33. The predicted molar refractivity (Wildman–Crippen MR) is 44.9 cm³/mol. The van der Waals surface area contributed by atoms with Gasteiger partial charge in [0.05, 0.1) is 5.69 Å². The Morgan fingerprint density at radius 1 is 1.50 bits per heavy atom. The van der Waals surface area contributed by atoms with E-state index < -0.39 is 30.3 Å².